The molecule has 0 aliphatic rings. The second-order valence-electron chi connectivity index (χ2n) is 2.90. The second kappa shape index (κ2) is 6.42. The topological polar surface area (TPSA) is 38.3 Å². The first kappa shape index (κ1) is 12.9. The molecule has 0 bridgehead atoms. The van der Waals surface area contributed by atoms with Crippen LogP contribution in [-0.2, 0) is 4.79 Å². The summed E-state index contributed by atoms with van der Waals surface area (Å²) in [6.07, 6.45) is -2.98. The summed E-state index contributed by atoms with van der Waals surface area (Å²) >= 11 is 3.26. The van der Waals surface area contributed by atoms with Gasteiger partial charge in [0, 0.05) is 4.47 Å². The molecule has 0 atom stereocenters. The molecule has 0 aromatic heterocycles. The van der Waals surface area contributed by atoms with E-state index in [1.165, 1.54) is 0 Å². The Bertz CT molecular complexity index is 360. The summed E-state index contributed by atoms with van der Waals surface area (Å²) in [5.41, 5.74) is 0. The van der Waals surface area contributed by atoms with Crippen LogP contribution in [0.25, 0.3) is 0 Å². The van der Waals surface area contributed by atoms with Crippen LogP contribution in [0, 0.1) is 0 Å². The summed E-state index contributed by atoms with van der Waals surface area (Å²) in [6.45, 7) is 0.199. The highest BCUT2D eigenvalue weighted by Gasteiger charge is 2.13. The minimum absolute atomic E-state index is 0.0513. The number of nitrogens with one attached hydrogen (secondary N) is 1. The van der Waals surface area contributed by atoms with Crippen LogP contribution in [0.3, 0.4) is 0 Å². The molecule has 0 fully saturated rings. The minimum atomic E-state index is -2.98. The Hall–Kier alpha value is -1.17. The van der Waals surface area contributed by atoms with Crippen molar-refractivity contribution in [2.24, 2.45) is 0 Å². The van der Waals surface area contributed by atoms with Crippen LogP contribution in [0.4, 0.5) is 8.78 Å². The highest BCUT2D eigenvalue weighted by molar-refractivity contribution is 9.10. The van der Waals surface area contributed by atoms with E-state index < -0.39 is 12.3 Å². The molecule has 1 amide bonds. The van der Waals surface area contributed by atoms with Crippen molar-refractivity contribution in [3.63, 3.8) is 0 Å². The highest BCUT2D eigenvalue weighted by atomic mass is 79.9. The first-order valence-electron chi connectivity index (χ1n) is 4.54. The van der Waals surface area contributed by atoms with E-state index in [1.807, 2.05) is 11.4 Å². The number of benzene rings is 1. The summed E-state index contributed by atoms with van der Waals surface area (Å²) in [6, 6.07) is 7.11. The van der Waals surface area contributed by atoms with Gasteiger partial charge in [0.1, 0.15) is 12.4 Å². The molecule has 3 nitrogen and oxygen atoms in total. The lowest BCUT2D eigenvalue weighted by Crippen LogP contribution is -2.32. The van der Waals surface area contributed by atoms with Crippen LogP contribution in [0.1, 0.15) is 0 Å². The standard InChI is InChI=1S/C10H10BrF2NO2/c11-7-2-1-3-8(6-7)16-5-4-14-10(15)9(12)13/h1-3,6,9H,4-5H2,(H,14,15). The monoisotopic (exact) mass is 293 g/mol. The van der Waals surface area contributed by atoms with Gasteiger partial charge in [0.05, 0.1) is 6.54 Å². The normalized spacial score (nSPS) is 10.2. The van der Waals surface area contributed by atoms with Crippen molar-refractivity contribution in [3.8, 4) is 5.75 Å². The van der Waals surface area contributed by atoms with E-state index >= 15 is 0 Å². The molecule has 1 N–H and O–H groups in total. The van der Waals surface area contributed by atoms with Gasteiger partial charge in [0.25, 0.3) is 5.91 Å². The summed E-state index contributed by atoms with van der Waals surface area (Å²) in [7, 11) is 0. The van der Waals surface area contributed by atoms with Crippen molar-refractivity contribution in [2.75, 3.05) is 13.2 Å². The predicted octanol–water partition coefficient (Wildman–Crippen LogP) is 2.21. The van der Waals surface area contributed by atoms with Gasteiger partial charge in [-0.2, -0.15) is 8.78 Å². The Kier molecular flexibility index (Phi) is 5.18. The molecule has 1 aromatic rings. The van der Waals surface area contributed by atoms with E-state index in [1.54, 1.807) is 18.2 Å². The number of alkyl halides is 2. The number of hydrogen-bond donors (Lipinski definition) is 1. The van der Waals surface area contributed by atoms with Crippen LogP contribution >= 0.6 is 15.9 Å². The van der Waals surface area contributed by atoms with Crippen LogP contribution in [0.2, 0.25) is 0 Å². The lowest BCUT2D eigenvalue weighted by molar-refractivity contribution is -0.131. The summed E-state index contributed by atoms with van der Waals surface area (Å²) < 4.78 is 29.6. The third-order valence-electron chi connectivity index (χ3n) is 1.66. The number of ether oxygens (including phenoxy) is 1. The molecule has 0 unspecified atom stereocenters. The summed E-state index contributed by atoms with van der Waals surface area (Å²) in [4.78, 5) is 10.5. The van der Waals surface area contributed by atoms with Crippen molar-refractivity contribution in [3.05, 3.63) is 28.7 Å². The third-order valence-corrected chi connectivity index (χ3v) is 2.16. The zero-order valence-electron chi connectivity index (χ0n) is 8.25. The van der Waals surface area contributed by atoms with Gasteiger partial charge >= 0.3 is 6.43 Å². The number of carbonyl (C=O) groups excluding carboxylic acids is 1. The van der Waals surface area contributed by atoms with Gasteiger partial charge in [-0.25, -0.2) is 0 Å². The van der Waals surface area contributed by atoms with Crippen LogP contribution in [0.15, 0.2) is 28.7 Å². The van der Waals surface area contributed by atoms with Crippen molar-refractivity contribution < 1.29 is 18.3 Å². The van der Waals surface area contributed by atoms with Crippen molar-refractivity contribution in [1.82, 2.24) is 5.32 Å². The molecule has 16 heavy (non-hydrogen) atoms. The first-order chi connectivity index (χ1) is 7.59. The van der Waals surface area contributed by atoms with E-state index in [9.17, 15) is 13.6 Å². The maximum atomic E-state index is 11.8. The largest absolute Gasteiger partial charge is 0.492 e. The van der Waals surface area contributed by atoms with E-state index in [-0.39, 0.29) is 13.2 Å². The summed E-state index contributed by atoms with van der Waals surface area (Å²) in [5.74, 6) is -0.668. The lowest BCUT2D eigenvalue weighted by Gasteiger charge is -2.07. The molecule has 0 saturated heterocycles. The first-order valence-corrected chi connectivity index (χ1v) is 5.33. The van der Waals surface area contributed by atoms with Gasteiger partial charge in [-0.15, -0.1) is 0 Å². The quantitative estimate of drug-likeness (QED) is 0.846. The SMILES string of the molecule is O=C(NCCOc1cccc(Br)c1)C(F)F. The molecular formula is C10H10BrF2NO2. The smallest absolute Gasteiger partial charge is 0.315 e. The van der Waals surface area contributed by atoms with Crippen molar-refractivity contribution in [1.29, 1.82) is 0 Å². The Labute approximate surface area is 99.9 Å². The van der Waals surface area contributed by atoms with Gasteiger partial charge in [0.2, 0.25) is 0 Å². The maximum Gasteiger partial charge on any atom is 0.315 e. The van der Waals surface area contributed by atoms with Gasteiger partial charge in [0.15, 0.2) is 0 Å². The zero-order valence-corrected chi connectivity index (χ0v) is 9.84. The second-order valence-corrected chi connectivity index (χ2v) is 3.81. The van der Waals surface area contributed by atoms with E-state index in [0.29, 0.717) is 5.75 Å². The van der Waals surface area contributed by atoms with Crippen LogP contribution < -0.4 is 10.1 Å². The van der Waals surface area contributed by atoms with Crippen LogP contribution in [0.5, 0.6) is 5.75 Å². The Morgan fingerprint density at radius 2 is 2.25 bits per heavy atom. The van der Waals surface area contributed by atoms with Crippen molar-refractivity contribution >= 4 is 21.8 Å². The molecule has 1 rings (SSSR count). The zero-order chi connectivity index (χ0) is 12.0. The highest BCUT2D eigenvalue weighted by Crippen LogP contribution is 2.17. The molecule has 0 aliphatic heterocycles. The van der Waals surface area contributed by atoms with E-state index in [0.717, 1.165) is 4.47 Å². The predicted molar refractivity (Wildman–Crippen MR) is 58.7 cm³/mol. The molecule has 0 heterocycles. The molecule has 0 spiro atoms. The Morgan fingerprint density at radius 3 is 2.88 bits per heavy atom. The Morgan fingerprint density at radius 1 is 1.50 bits per heavy atom. The number of halogens is 3. The van der Waals surface area contributed by atoms with Crippen molar-refractivity contribution in [2.45, 2.75) is 6.43 Å². The van der Waals surface area contributed by atoms with Gasteiger partial charge in [-0.3, -0.25) is 4.79 Å². The average molecular weight is 294 g/mol. The van der Waals surface area contributed by atoms with Crippen LogP contribution in [-0.4, -0.2) is 25.5 Å². The molecular weight excluding hydrogens is 284 g/mol. The van der Waals surface area contributed by atoms with Gasteiger partial charge < -0.3 is 10.1 Å². The third kappa shape index (κ3) is 4.57. The molecule has 0 radical (unpaired) electrons. The molecule has 0 saturated carbocycles. The minimum Gasteiger partial charge on any atom is -0.492 e. The van der Waals surface area contributed by atoms with E-state index in [4.69, 9.17) is 4.74 Å². The lowest BCUT2D eigenvalue weighted by atomic mass is 10.3. The molecule has 6 heteroatoms. The Balaban J connectivity index is 2.23. The fourth-order valence-electron chi connectivity index (χ4n) is 0.977. The fourth-order valence-corrected chi connectivity index (χ4v) is 1.36. The number of carbonyl (C=O) groups is 1. The molecule has 88 valence electrons. The molecule has 1 aromatic carbocycles. The number of hydrogen-bond acceptors (Lipinski definition) is 2. The summed E-state index contributed by atoms with van der Waals surface area (Å²) in [5, 5.41) is 2.04. The number of rotatable bonds is 5. The molecule has 0 aliphatic carbocycles. The average Bonchev–Trinajstić information content (AvgIpc) is 2.24. The maximum absolute atomic E-state index is 11.8. The fraction of sp³-hybridized carbons (Fsp3) is 0.300. The number of amides is 1. The van der Waals surface area contributed by atoms with Gasteiger partial charge in [-0.05, 0) is 18.2 Å². The van der Waals surface area contributed by atoms with Gasteiger partial charge in [-0.1, -0.05) is 22.0 Å². The van der Waals surface area contributed by atoms with E-state index in [2.05, 4.69) is 15.9 Å².